The first kappa shape index (κ1) is 14.6. The van der Waals surface area contributed by atoms with Crippen LogP contribution in [-0.2, 0) is 16.1 Å². The van der Waals surface area contributed by atoms with Crippen LogP contribution in [0.25, 0.3) is 0 Å². The van der Waals surface area contributed by atoms with E-state index >= 15 is 0 Å². The molecular formula is C11H17N3O3S. The van der Waals surface area contributed by atoms with Gasteiger partial charge in [0, 0.05) is 25.5 Å². The van der Waals surface area contributed by atoms with Crippen LogP contribution in [0.1, 0.15) is 22.4 Å². The number of ether oxygens (including phenoxy) is 1. The number of hydrogen-bond acceptors (Lipinski definition) is 6. The molecule has 100 valence electrons. The van der Waals surface area contributed by atoms with Crippen LogP contribution in [0.3, 0.4) is 0 Å². The zero-order valence-corrected chi connectivity index (χ0v) is 11.5. The summed E-state index contributed by atoms with van der Waals surface area (Å²) >= 11 is 1.35. The minimum Gasteiger partial charge on any atom is -0.469 e. The predicted molar refractivity (Wildman–Crippen MR) is 68.1 cm³/mol. The lowest BCUT2D eigenvalue weighted by Crippen LogP contribution is -2.34. The van der Waals surface area contributed by atoms with E-state index < -0.39 is 0 Å². The molecular weight excluding hydrogens is 254 g/mol. The predicted octanol–water partition coefficient (Wildman–Crippen LogP) is 0.483. The molecule has 0 saturated heterocycles. The number of nitrogens with two attached hydrogens (primary N) is 1. The van der Waals surface area contributed by atoms with Crippen LogP contribution in [-0.4, -0.2) is 42.5 Å². The van der Waals surface area contributed by atoms with E-state index in [1.807, 2.05) is 0 Å². The van der Waals surface area contributed by atoms with Crippen molar-refractivity contribution in [2.75, 3.05) is 20.7 Å². The largest absolute Gasteiger partial charge is 0.469 e. The number of amides is 1. The average molecular weight is 271 g/mol. The molecule has 6 nitrogen and oxygen atoms in total. The first-order chi connectivity index (χ1) is 8.49. The summed E-state index contributed by atoms with van der Waals surface area (Å²) in [5.41, 5.74) is 5.80. The minimum atomic E-state index is -0.364. The zero-order valence-electron chi connectivity index (χ0n) is 10.7. The van der Waals surface area contributed by atoms with E-state index in [-0.39, 0.29) is 17.8 Å². The van der Waals surface area contributed by atoms with Crippen molar-refractivity contribution in [2.45, 2.75) is 13.5 Å². The van der Waals surface area contributed by atoms with Gasteiger partial charge in [0.15, 0.2) is 0 Å². The summed E-state index contributed by atoms with van der Waals surface area (Å²) in [5.74, 6) is -0.922. The number of aromatic nitrogens is 1. The van der Waals surface area contributed by atoms with Gasteiger partial charge in [0.2, 0.25) is 0 Å². The van der Waals surface area contributed by atoms with Crippen molar-refractivity contribution in [3.63, 3.8) is 0 Å². The van der Waals surface area contributed by atoms with Crippen LogP contribution in [0.15, 0.2) is 5.38 Å². The topological polar surface area (TPSA) is 85.5 Å². The van der Waals surface area contributed by atoms with Gasteiger partial charge in [-0.2, -0.15) is 0 Å². The summed E-state index contributed by atoms with van der Waals surface area (Å²) < 4.78 is 4.61. The number of nitrogens with zero attached hydrogens (tertiary/aromatic N) is 2. The number of carbonyl (C=O) groups is 2. The van der Waals surface area contributed by atoms with Crippen LogP contribution >= 0.6 is 11.3 Å². The first-order valence-corrected chi connectivity index (χ1v) is 6.35. The lowest BCUT2D eigenvalue weighted by Gasteiger charge is -2.19. The smallest absolute Gasteiger partial charge is 0.310 e. The van der Waals surface area contributed by atoms with E-state index in [0.717, 1.165) is 0 Å². The molecule has 0 aromatic carbocycles. The van der Waals surface area contributed by atoms with E-state index in [9.17, 15) is 9.59 Å². The zero-order chi connectivity index (χ0) is 13.7. The highest BCUT2D eigenvalue weighted by Gasteiger charge is 2.21. The van der Waals surface area contributed by atoms with Crippen molar-refractivity contribution in [3.05, 3.63) is 16.1 Å². The highest BCUT2D eigenvalue weighted by atomic mass is 32.1. The molecule has 0 radical (unpaired) electrons. The third kappa shape index (κ3) is 3.51. The highest BCUT2D eigenvalue weighted by Crippen LogP contribution is 2.11. The number of carbonyl (C=O) groups excluding carboxylic acids is 2. The Labute approximate surface area is 110 Å². The fourth-order valence-corrected chi connectivity index (χ4v) is 2.12. The molecule has 1 rings (SSSR count). The maximum Gasteiger partial charge on any atom is 0.310 e. The Bertz CT molecular complexity index is 433. The van der Waals surface area contributed by atoms with Crippen LogP contribution in [0.5, 0.6) is 0 Å². The molecule has 0 spiro atoms. The first-order valence-electron chi connectivity index (χ1n) is 5.47. The fraction of sp³-hybridized carbons (Fsp3) is 0.545. The number of esters is 1. The molecule has 18 heavy (non-hydrogen) atoms. The van der Waals surface area contributed by atoms with Crippen LogP contribution < -0.4 is 5.73 Å². The molecule has 1 aromatic rings. The van der Waals surface area contributed by atoms with Gasteiger partial charge >= 0.3 is 5.97 Å². The monoisotopic (exact) mass is 271 g/mol. The molecule has 0 bridgehead atoms. The quantitative estimate of drug-likeness (QED) is 0.787. The lowest BCUT2D eigenvalue weighted by molar-refractivity contribution is -0.145. The maximum absolute atomic E-state index is 12.0. The summed E-state index contributed by atoms with van der Waals surface area (Å²) in [6.07, 6.45) is 0. The van der Waals surface area contributed by atoms with E-state index in [2.05, 4.69) is 9.72 Å². The van der Waals surface area contributed by atoms with Gasteiger partial charge in [-0.3, -0.25) is 9.59 Å². The molecule has 0 aliphatic carbocycles. The number of rotatable bonds is 5. The summed E-state index contributed by atoms with van der Waals surface area (Å²) in [6.45, 7) is 2.32. The number of thiazole rings is 1. The molecule has 1 unspecified atom stereocenters. The Kier molecular flexibility index (Phi) is 5.24. The van der Waals surface area contributed by atoms with Crippen molar-refractivity contribution in [3.8, 4) is 0 Å². The molecule has 1 heterocycles. The second-order valence-corrected chi connectivity index (χ2v) is 4.88. The second kappa shape index (κ2) is 6.46. The van der Waals surface area contributed by atoms with Crippen molar-refractivity contribution in [1.82, 2.24) is 9.88 Å². The van der Waals surface area contributed by atoms with Crippen LogP contribution in [0, 0.1) is 5.92 Å². The van der Waals surface area contributed by atoms with E-state index in [1.165, 1.54) is 23.3 Å². The van der Waals surface area contributed by atoms with Gasteiger partial charge in [0.25, 0.3) is 5.91 Å². The summed E-state index contributed by atoms with van der Waals surface area (Å²) in [5, 5.41) is 2.39. The van der Waals surface area contributed by atoms with E-state index in [4.69, 9.17) is 5.73 Å². The van der Waals surface area contributed by atoms with Crippen molar-refractivity contribution in [1.29, 1.82) is 0 Å². The normalized spacial score (nSPS) is 12.0. The minimum absolute atomic E-state index is 0.221. The third-order valence-electron chi connectivity index (χ3n) is 2.44. The molecule has 1 atom stereocenters. The van der Waals surface area contributed by atoms with Gasteiger partial charge in [0.05, 0.1) is 13.0 Å². The standard InChI is InChI=1S/C11H17N3O3S/c1-7(11(16)17-3)5-14(2)10(15)8-6-18-9(4-12)13-8/h6-7H,4-5,12H2,1-3H3. The van der Waals surface area contributed by atoms with Gasteiger partial charge in [-0.05, 0) is 0 Å². The molecule has 7 heteroatoms. The maximum atomic E-state index is 12.0. The Morgan fingerprint density at radius 3 is 2.78 bits per heavy atom. The fourth-order valence-electron chi connectivity index (χ4n) is 1.47. The van der Waals surface area contributed by atoms with Crippen molar-refractivity contribution >= 4 is 23.2 Å². The van der Waals surface area contributed by atoms with Crippen LogP contribution in [0.4, 0.5) is 0 Å². The van der Waals surface area contributed by atoms with E-state index in [1.54, 1.807) is 19.4 Å². The summed E-state index contributed by atoms with van der Waals surface area (Å²) in [4.78, 5) is 28.8. The Hall–Kier alpha value is -1.47. The van der Waals surface area contributed by atoms with Gasteiger partial charge in [0.1, 0.15) is 10.7 Å². The molecule has 0 fully saturated rings. The highest BCUT2D eigenvalue weighted by molar-refractivity contribution is 7.09. The number of methoxy groups -OCH3 is 1. The van der Waals surface area contributed by atoms with Gasteiger partial charge in [-0.15, -0.1) is 11.3 Å². The van der Waals surface area contributed by atoms with Crippen molar-refractivity contribution < 1.29 is 14.3 Å². The van der Waals surface area contributed by atoms with Gasteiger partial charge < -0.3 is 15.4 Å². The van der Waals surface area contributed by atoms with Crippen LogP contribution in [0.2, 0.25) is 0 Å². The van der Waals surface area contributed by atoms with Crippen molar-refractivity contribution in [2.24, 2.45) is 11.7 Å². The molecule has 0 aliphatic heterocycles. The van der Waals surface area contributed by atoms with E-state index in [0.29, 0.717) is 23.8 Å². The lowest BCUT2D eigenvalue weighted by atomic mass is 10.1. The molecule has 0 aliphatic rings. The Balaban J connectivity index is 2.63. The molecule has 0 saturated carbocycles. The average Bonchev–Trinajstić information content (AvgIpc) is 2.85. The Morgan fingerprint density at radius 1 is 1.61 bits per heavy atom. The van der Waals surface area contributed by atoms with Gasteiger partial charge in [-0.25, -0.2) is 4.98 Å². The Morgan fingerprint density at radius 2 is 2.28 bits per heavy atom. The number of hydrogen-bond donors (Lipinski definition) is 1. The second-order valence-electron chi connectivity index (χ2n) is 3.94. The molecule has 1 amide bonds. The summed E-state index contributed by atoms with van der Waals surface area (Å²) in [7, 11) is 2.96. The molecule has 2 N–H and O–H groups in total. The molecule has 1 aromatic heterocycles. The summed E-state index contributed by atoms with van der Waals surface area (Å²) in [6, 6.07) is 0. The van der Waals surface area contributed by atoms with Gasteiger partial charge in [-0.1, -0.05) is 6.92 Å². The third-order valence-corrected chi connectivity index (χ3v) is 3.31. The SMILES string of the molecule is COC(=O)C(C)CN(C)C(=O)c1csc(CN)n1.